The number of hydrogen-bond donors (Lipinski definition) is 1. The maximum absolute atomic E-state index is 6.15. The first kappa shape index (κ1) is 11.0. The molecule has 3 heteroatoms. The van der Waals surface area contributed by atoms with Gasteiger partial charge >= 0.3 is 0 Å². The molecule has 0 aliphatic heterocycles. The number of nitrogens with two attached hydrogens (primary N) is 1. The van der Waals surface area contributed by atoms with Gasteiger partial charge in [0.05, 0.1) is 7.11 Å². The van der Waals surface area contributed by atoms with E-state index >= 15 is 0 Å². The quantitative estimate of drug-likeness (QED) is 0.849. The predicted octanol–water partition coefficient (Wildman–Crippen LogP) is 3.35. The molecule has 2 atom stereocenters. The summed E-state index contributed by atoms with van der Waals surface area (Å²) in [4.78, 5) is 0. The highest BCUT2D eigenvalue weighted by Crippen LogP contribution is 2.44. The summed E-state index contributed by atoms with van der Waals surface area (Å²) in [5.74, 6) is 1.50. The highest BCUT2D eigenvalue weighted by Gasteiger charge is 2.27. The zero-order valence-electron chi connectivity index (χ0n) is 9.09. The van der Waals surface area contributed by atoms with E-state index in [1.807, 2.05) is 12.1 Å². The van der Waals surface area contributed by atoms with Crippen molar-refractivity contribution in [1.29, 1.82) is 0 Å². The van der Waals surface area contributed by atoms with Crippen LogP contribution in [0.15, 0.2) is 16.6 Å². The number of methoxy groups -OCH3 is 1. The normalized spacial score (nSPS) is 24.8. The van der Waals surface area contributed by atoms with Crippen LogP contribution in [0.25, 0.3) is 0 Å². The van der Waals surface area contributed by atoms with Gasteiger partial charge in [-0.15, -0.1) is 0 Å². The third-order valence-electron chi connectivity index (χ3n) is 3.19. The van der Waals surface area contributed by atoms with E-state index in [0.717, 1.165) is 23.1 Å². The van der Waals surface area contributed by atoms with Gasteiger partial charge in [0.15, 0.2) is 0 Å². The Kier molecular flexibility index (Phi) is 3.03. The average molecular weight is 270 g/mol. The zero-order chi connectivity index (χ0) is 11.0. The average Bonchev–Trinajstić information content (AvgIpc) is 2.23. The van der Waals surface area contributed by atoms with Crippen LogP contribution < -0.4 is 10.5 Å². The Hall–Kier alpha value is -0.540. The number of hydrogen-bond acceptors (Lipinski definition) is 2. The molecule has 1 aliphatic rings. The van der Waals surface area contributed by atoms with Crippen LogP contribution >= 0.6 is 15.9 Å². The van der Waals surface area contributed by atoms with Crippen molar-refractivity contribution in [2.24, 2.45) is 5.73 Å². The maximum atomic E-state index is 6.15. The molecule has 0 amide bonds. The monoisotopic (exact) mass is 269 g/mol. The second-order valence-corrected chi connectivity index (χ2v) is 5.02. The van der Waals surface area contributed by atoms with Crippen LogP contribution in [0, 0.1) is 0 Å². The summed E-state index contributed by atoms with van der Waals surface area (Å²) in [6.07, 6.45) is 2.20. The lowest BCUT2D eigenvalue weighted by Gasteiger charge is -2.29. The summed E-state index contributed by atoms with van der Waals surface area (Å²) >= 11 is 3.58. The van der Waals surface area contributed by atoms with Crippen molar-refractivity contribution >= 4 is 15.9 Å². The summed E-state index contributed by atoms with van der Waals surface area (Å²) in [7, 11) is 1.72. The van der Waals surface area contributed by atoms with Crippen molar-refractivity contribution in [3.63, 3.8) is 0 Å². The van der Waals surface area contributed by atoms with E-state index < -0.39 is 0 Å². The molecule has 1 aliphatic carbocycles. The van der Waals surface area contributed by atoms with Crippen LogP contribution in [0.1, 0.15) is 42.9 Å². The van der Waals surface area contributed by atoms with Crippen molar-refractivity contribution in [1.82, 2.24) is 0 Å². The standard InChI is InChI=1S/C12H16BrNO/c1-7-3-5-9(14)12-8(13)4-6-10(15-2)11(7)12/h4,6-7,9H,3,5,14H2,1-2H3. The van der Waals surface area contributed by atoms with Gasteiger partial charge in [-0.05, 0) is 36.5 Å². The zero-order valence-corrected chi connectivity index (χ0v) is 10.7. The minimum Gasteiger partial charge on any atom is -0.496 e. The van der Waals surface area contributed by atoms with Gasteiger partial charge in [-0.2, -0.15) is 0 Å². The van der Waals surface area contributed by atoms with Crippen LogP contribution in [-0.4, -0.2) is 7.11 Å². The Morgan fingerprint density at radius 2 is 2.07 bits per heavy atom. The molecule has 0 spiro atoms. The molecule has 82 valence electrons. The Labute approximate surface area is 98.9 Å². The van der Waals surface area contributed by atoms with Crippen LogP contribution in [0.3, 0.4) is 0 Å². The first-order valence-electron chi connectivity index (χ1n) is 5.27. The third kappa shape index (κ3) is 1.79. The third-order valence-corrected chi connectivity index (χ3v) is 3.88. The summed E-state index contributed by atoms with van der Waals surface area (Å²) in [5, 5.41) is 0. The SMILES string of the molecule is COc1ccc(Br)c2c1C(C)CCC2N. The molecule has 0 radical (unpaired) electrons. The fraction of sp³-hybridized carbons (Fsp3) is 0.500. The molecule has 0 fully saturated rings. The van der Waals surface area contributed by atoms with Gasteiger partial charge in [-0.3, -0.25) is 0 Å². The van der Waals surface area contributed by atoms with E-state index in [0.29, 0.717) is 5.92 Å². The van der Waals surface area contributed by atoms with Gasteiger partial charge in [0, 0.05) is 16.1 Å². The van der Waals surface area contributed by atoms with Gasteiger partial charge in [0.25, 0.3) is 0 Å². The molecule has 15 heavy (non-hydrogen) atoms. The topological polar surface area (TPSA) is 35.2 Å². The van der Waals surface area contributed by atoms with Crippen LogP contribution in [0.5, 0.6) is 5.75 Å². The molecule has 1 aromatic carbocycles. The second-order valence-electron chi connectivity index (χ2n) is 4.16. The Bertz CT molecular complexity index is 378. The van der Waals surface area contributed by atoms with Gasteiger partial charge in [-0.1, -0.05) is 22.9 Å². The van der Waals surface area contributed by atoms with Gasteiger partial charge in [0.2, 0.25) is 0 Å². The molecule has 2 N–H and O–H groups in total. The van der Waals surface area contributed by atoms with E-state index in [1.165, 1.54) is 11.1 Å². The number of halogens is 1. The number of rotatable bonds is 1. The van der Waals surface area contributed by atoms with Crippen molar-refractivity contribution in [3.8, 4) is 5.75 Å². The van der Waals surface area contributed by atoms with Gasteiger partial charge in [0.1, 0.15) is 5.75 Å². The number of ether oxygens (including phenoxy) is 1. The van der Waals surface area contributed by atoms with E-state index in [1.54, 1.807) is 7.11 Å². The van der Waals surface area contributed by atoms with Gasteiger partial charge in [-0.25, -0.2) is 0 Å². The van der Waals surface area contributed by atoms with E-state index in [2.05, 4.69) is 22.9 Å². The largest absolute Gasteiger partial charge is 0.496 e. The van der Waals surface area contributed by atoms with Crippen molar-refractivity contribution in [3.05, 3.63) is 27.7 Å². The maximum Gasteiger partial charge on any atom is 0.122 e. The van der Waals surface area contributed by atoms with E-state index in [9.17, 15) is 0 Å². The molecule has 0 bridgehead atoms. The minimum atomic E-state index is 0.140. The summed E-state index contributed by atoms with van der Waals surface area (Å²) in [5.41, 5.74) is 8.66. The molecule has 1 aromatic rings. The van der Waals surface area contributed by atoms with Crippen molar-refractivity contribution in [2.75, 3.05) is 7.11 Å². The van der Waals surface area contributed by atoms with Crippen molar-refractivity contribution < 1.29 is 4.74 Å². The second kappa shape index (κ2) is 4.14. The first-order valence-corrected chi connectivity index (χ1v) is 6.06. The van der Waals surface area contributed by atoms with Crippen LogP contribution in [0.2, 0.25) is 0 Å². The molecule has 0 heterocycles. The lowest BCUT2D eigenvalue weighted by Crippen LogP contribution is -2.20. The molecule has 2 rings (SSSR count). The molecular formula is C12H16BrNO. The highest BCUT2D eigenvalue weighted by atomic mass is 79.9. The van der Waals surface area contributed by atoms with Crippen LogP contribution in [-0.2, 0) is 0 Å². The number of fused-ring (bicyclic) bond motifs is 1. The lowest BCUT2D eigenvalue weighted by atomic mass is 9.81. The predicted molar refractivity (Wildman–Crippen MR) is 65.3 cm³/mol. The molecular weight excluding hydrogens is 254 g/mol. The number of benzene rings is 1. The molecule has 0 saturated carbocycles. The highest BCUT2D eigenvalue weighted by molar-refractivity contribution is 9.10. The molecule has 2 unspecified atom stereocenters. The Balaban J connectivity index is 2.63. The molecule has 2 nitrogen and oxygen atoms in total. The van der Waals surface area contributed by atoms with Gasteiger partial charge < -0.3 is 10.5 Å². The summed E-state index contributed by atoms with van der Waals surface area (Å²) in [6.45, 7) is 2.24. The fourth-order valence-electron chi connectivity index (χ4n) is 2.37. The lowest BCUT2D eigenvalue weighted by molar-refractivity contribution is 0.395. The smallest absolute Gasteiger partial charge is 0.122 e. The minimum absolute atomic E-state index is 0.140. The Morgan fingerprint density at radius 3 is 2.73 bits per heavy atom. The Morgan fingerprint density at radius 1 is 1.33 bits per heavy atom. The summed E-state index contributed by atoms with van der Waals surface area (Å²) < 4.78 is 6.52. The molecule has 0 saturated heterocycles. The summed E-state index contributed by atoms with van der Waals surface area (Å²) in [6, 6.07) is 4.17. The van der Waals surface area contributed by atoms with E-state index in [4.69, 9.17) is 10.5 Å². The first-order chi connectivity index (χ1) is 7.15. The van der Waals surface area contributed by atoms with E-state index in [-0.39, 0.29) is 6.04 Å². The van der Waals surface area contributed by atoms with Crippen molar-refractivity contribution in [2.45, 2.75) is 31.7 Å². The molecule has 0 aromatic heterocycles. The fourth-order valence-corrected chi connectivity index (χ4v) is 3.01. The van der Waals surface area contributed by atoms with Crippen LogP contribution in [0.4, 0.5) is 0 Å².